The molecule has 5 heteroatoms. The van der Waals surface area contributed by atoms with Crippen LogP contribution in [0.5, 0.6) is 0 Å². The van der Waals surface area contributed by atoms with E-state index in [1.165, 1.54) is 6.07 Å². The summed E-state index contributed by atoms with van der Waals surface area (Å²) in [6.45, 7) is 1.83. The van der Waals surface area contributed by atoms with Gasteiger partial charge in [0.1, 0.15) is 5.82 Å². The fourth-order valence-corrected chi connectivity index (χ4v) is 1.79. The molecular formula is C10H14FNO2S. The molecule has 0 saturated carbocycles. The van der Waals surface area contributed by atoms with E-state index in [4.69, 9.17) is 0 Å². The molecule has 0 spiro atoms. The first kappa shape index (κ1) is 12.0. The van der Waals surface area contributed by atoms with Gasteiger partial charge in [-0.05, 0) is 12.1 Å². The van der Waals surface area contributed by atoms with Crippen molar-refractivity contribution in [3.63, 3.8) is 0 Å². The lowest BCUT2D eigenvalue weighted by molar-refractivity contribution is 0.597. The van der Waals surface area contributed by atoms with Gasteiger partial charge in [-0.25, -0.2) is 12.8 Å². The highest BCUT2D eigenvalue weighted by Crippen LogP contribution is 2.11. The van der Waals surface area contributed by atoms with E-state index in [2.05, 4.69) is 5.32 Å². The van der Waals surface area contributed by atoms with Gasteiger partial charge in [0.25, 0.3) is 0 Å². The van der Waals surface area contributed by atoms with E-state index in [0.717, 1.165) is 0 Å². The van der Waals surface area contributed by atoms with E-state index in [-0.39, 0.29) is 23.9 Å². The van der Waals surface area contributed by atoms with Crippen molar-refractivity contribution in [1.82, 2.24) is 0 Å². The molecule has 0 aliphatic heterocycles. The third-order valence-corrected chi connectivity index (χ3v) is 3.75. The number of benzene rings is 1. The molecule has 15 heavy (non-hydrogen) atoms. The molecule has 0 atom stereocenters. The lowest BCUT2D eigenvalue weighted by Gasteiger charge is -2.06. The van der Waals surface area contributed by atoms with Crippen LogP contribution >= 0.6 is 0 Å². The zero-order valence-electron chi connectivity index (χ0n) is 8.53. The van der Waals surface area contributed by atoms with Gasteiger partial charge < -0.3 is 5.32 Å². The average molecular weight is 231 g/mol. The van der Waals surface area contributed by atoms with Gasteiger partial charge in [-0.15, -0.1) is 0 Å². The lowest BCUT2D eigenvalue weighted by atomic mass is 10.3. The van der Waals surface area contributed by atoms with E-state index in [1.54, 1.807) is 25.1 Å². The topological polar surface area (TPSA) is 46.2 Å². The van der Waals surface area contributed by atoms with E-state index < -0.39 is 9.84 Å². The second kappa shape index (κ2) is 5.11. The smallest absolute Gasteiger partial charge is 0.151 e. The van der Waals surface area contributed by atoms with Crippen LogP contribution in [0, 0.1) is 5.82 Å². The van der Waals surface area contributed by atoms with Crippen LogP contribution in [0.4, 0.5) is 10.1 Å². The van der Waals surface area contributed by atoms with Gasteiger partial charge in [-0.3, -0.25) is 0 Å². The molecule has 0 bridgehead atoms. The molecule has 3 nitrogen and oxygen atoms in total. The minimum absolute atomic E-state index is 0.0256. The molecule has 0 radical (unpaired) electrons. The molecule has 84 valence electrons. The zero-order chi connectivity index (χ0) is 11.3. The van der Waals surface area contributed by atoms with E-state index in [9.17, 15) is 12.8 Å². The van der Waals surface area contributed by atoms with E-state index in [1.807, 2.05) is 0 Å². The molecule has 0 unspecified atom stereocenters. The third-order valence-electron chi connectivity index (χ3n) is 2.04. The van der Waals surface area contributed by atoms with Crippen molar-refractivity contribution < 1.29 is 12.8 Å². The normalized spacial score (nSPS) is 11.3. The van der Waals surface area contributed by atoms with Crippen molar-refractivity contribution in [3.8, 4) is 0 Å². The Labute approximate surface area is 89.2 Å². The molecule has 0 amide bonds. The highest BCUT2D eigenvalue weighted by molar-refractivity contribution is 7.91. The van der Waals surface area contributed by atoms with Crippen LogP contribution < -0.4 is 5.32 Å². The predicted molar refractivity (Wildman–Crippen MR) is 59.2 cm³/mol. The monoisotopic (exact) mass is 231 g/mol. The summed E-state index contributed by atoms with van der Waals surface area (Å²) in [7, 11) is -2.99. The Kier molecular flexibility index (Phi) is 4.08. The van der Waals surface area contributed by atoms with Gasteiger partial charge in [0.2, 0.25) is 0 Å². The minimum atomic E-state index is -2.99. The van der Waals surface area contributed by atoms with E-state index >= 15 is 0 Å². The highest BCUT2D eigenvalue weighted by Gasteiger charge is 2.07. The van der Waals surface area contributed by atoms with Gasteiger partial charge >= 0.3 is 0 Å². The quantitative estimate of drug-likeness (QED) is 0.838. The Balaban J connectivity index is 2.49. The number of sulfone groups is 1. The van der Waals surface area contributed by atoms with Crippen LogP contribution in [-0.4, -0.2) is 26.5 Å². The molecule has 0 aliphatic carbocycles. The molecule has 0 heterocycles. The largest absolute Gasteiger partial charge is 0.382 e. The SMILES string of the molecule is CCS(=O)(=O)CCNc1ccccc1F. The van der Waals surface area contributed by atoms with E-state index in [0.29, 0.717) is 5.69 Å². The Morgan fingerprint density at radius 3 is 2.60 bits per heavy atom. The van der Waals surface area contributed by atoms with Gasteiger partial charge in [0.05, 0.1) is 11.4 Å². The molecule has 0 saturated heterocycles. The second-order valence-electron chi connectivity index (χ2n) is 3.14. The van der Waals surface area contributed by atoms with Crippen LogP contribution in [0.1, 0.15) is 6.92 Å². The van der Waals surface area contributed by atoms with Crippen molar-refractivity contribution in [1.29, 1.82) is 0 Å². The lowest BCUT2D eigenvalue weighted by Crippen LogP contribution is -2.17. The summed E-state index contributed by atoms with van der Waals surface area (Å²) in [6, 6.07) is 6.19. The maximum absolute atomic E-state index is 13.1. The molecule has 1 N–H and O–H groups in total. The van der Waals surface area contributed by atoms with Crippen LogP contribution in [0.3, 0.4) is 0 Å². The van der Waals surface area contributed by atoms with Crippen molar-refractivity contribution in [2.45, 2.75) is 6.92 Å². The Morgan fingerprint density at radius 1 is 1.33 bits per heavy atom. The summed E-state index contributed by atoms with van der Waals surface area (Å²) in [5, 5.41) is 2.75. The fourth-order valence-electron chi connectivity index (χ4n) is 1.09. The van der Waals surface area contributed by atoms with Crippen LogP contribution in [0.15, 0.2) is 24.3 Å². The first-order valence-electron chi connectivity index (χ1n) is 4.74. The second-order valence-corrected chi connectivity index (χ2v) is 5.62. The highest BCUT2D eigenvalue weighted by atomic mass is 32.2. The Morgan fingerprint density at radius 2 is 2.00 bits per heavy atom. The number of anilines is 1. The fraction of sp³-hybridized carbons (Fsp3) is 0.400. The van der Waals surface area contributed by atoms with Gasteiger partial charge in [0, 0.05) is 12.3 Å². The summed E-state index contributed by atoms with van der Waals surface area (Å²) in [6.07, 6.45) is 0. The number of para-hydroxylation sites is 1. The van der Waals surface area contributed by atoms with Crippen molar-refractivity contribution in [2.24, 2.45) is 0 Å². The Hall–Kier alpha value is -1.10. The molecule has 0 fully saturated rings. The first-order chi connectivity index (χ1) is 7.05. The maximum Gasteiger partial charge on any atom is 0.151 e. The standard InChI is InChI=1S/C10H14FNO2S/c1-2-15(13,14)8-7-12-10-6-4-3-5-9(10)11/h3-6,12H,2,7-8H2,1H3. The average Bonchev–Trinajstić information content (AvgIpc) is 2.21. The van der Waals surface area contributed by atoms with Crippen LogP contribution in [0.2, 0.25) is 0 Å². The summed E-state index contributed by atoms with van der Waals surface area (Å²) >= 11 is 0. The number of halogens is 1. The molecule has 0 aliphatic rings. The van der Waals surface area contributed by atoms with Crippen LogP contribution in [0.25, 0.3) is 0 Å². The Bertz CT molecular complexity index is 417. The first-order valence-corrected chi connectivity index (χ1v) is 6.56. The predicted octanol–water partition coefficient (Wildman–Crippen LogP) is 1.67. The molecule has 0 aromatic heterocycles. The van der Waals surface area contributed by atoms with Gasteiger partial charge in [-0.1, -0.05) is 19.1 Å². The molecular weight excluding hydrogens is 217 g/mol. The zero-order valence-corrected chi connectivity index (χ0v) is 9.35. The van der Waals surface area contributed by atoms with Gasteiger partial charge in [-0.2, -0.15) is 0 Å². The summed E-state index contributed by atoms with van der Waals surface area (Å²) in [4.78, 5) is 0. The van der Waals surface area contributed by atoms with Crippen molar-refractivity contribution in [3.05, 3.63) is 30.1 Å². The van der Waals surface area contributed by atoms with Crippen molar-refractivity contribution >= 4 is 15.5 Å². The summed E-state index contributed by atoms with van der Waals surface area (Å²) in [5.41, 5.74) is 0.337. The van der Waals surface area contributed by atoms with Crippen LogP contribution in [-0.2, 0) is 9.84 Å². The van der Waals surface area contributed by atoms with Crippen molar-refractivity contribution in [2.75, 3.05) is 23.4 Å². The molecule has 1 aromatic rings. The number of rotatable bonds is 5. The summed E-state index contributed by atoms with van der Waals surface area (Å²) < 4.78 is 35.4. The number of hydrogen-bond donors (Lipinski definition) is 1. The van der Waals surface area contributed by atoms with Gasteiger partial charge in [0.15, 0.2) is 9.84 Å². The maximum atomic E-state index is 13.1. The molecule has 1 aromatic carbocycles. The third kappa shape index (κ3) is 3.87. The number of hydrogen-bond acceptors (Lipinski definition) is 3. The summed E-state index contributed by atoms with van der Waals surface area (Å²) in [5.74, 6) is -0.226. The minimum Gasteiger partial charge on any atom is -0.382 e. The molecule has 1 rings (SSSR count). The number of nitrogens with one attached hydrogen (secondary N) is 1.